The predicted molar refractivity (Wildman–Crippen MR) is 81.1 cm³/mol. The number of carbonyl (C=O) groups excluding carboxylic acids is 2. The van der Waals surface area contributed by atoms with Crippen LogP contribution in [0.5, 0.6) is 0 Å². The second-order valence-corrected chi connectivity index (χ2v) is 5.32. The van der Waals surface area contributed by atoms with Gasteiger partial charge in [-0.2, -0.15) is 4.98 Å². The predicted octanol–water partition coefficient (Wildman–Crippen LogP) is 1.62. The number of carbonyl (C=O) groups is 2. The average Bonchev–Trinajstić information content (AvgIpc) is 3.25. The van der Waals surface area contributed by atoms with Crippen molar-refractivity contribution in [2.45, 2.75) is 31.7 Å². The fraction of sp³-hybridized carbons (Fsp3) is 0.333. The summed E-state index contributed by atoms with van der Waals surface area (Å²) >= 11 is 0. The summed E-state index contributed by atoms with van der Waals surface area (Å²) in [7, 11) is 0. The third kappa shape index (κ3) is 3.85. The normalized spacial score (nSPS) is 14.4. The molecule has 120 valence electrons. The van der Waals surface area contributed by atoms with Crippen LogP contribution in [0.4, 0.5) is 4.79 Å². The summed E-state index contributed by atoms with van der Waals surface area (Å²) in [6, 6.07) is 8.86. The minimum atomic E-state index is -0.666. The Morgan fingerprint density at radius 3 is 2.57 bits per heavy atom. The van der Waals surface area contributed by atoms with Crippen LogP contribution in [-0.2, 0) is 0 Å². The van der Waals surface area contributed by atoms with E-state index in [1.165, 1.54) is 0 Å². The molecule has 8 heteroatoms. The van der Waals surface area contributed by atoms with Crippen molar-refractivity contribution in [3.8, 4) is 11.4 Å². The van der Waals surface area contributed by atoms with Gasteiger partial charge in [0.1, 0.15) is 0 Å². The molecule has 1 aromatic heterocycles. The van der Waals surface area contributed by atoms with Crippen LogP contribution >= 0.6 is 0 Å². The largest absolute Gasteiger partial charge is 0.334 e. The maximum Gasteiger partial charge on any atom is 0.333 e. The van der Waals surface area contributed by atoms with E-state index in [1.807, 2.05) is 18.2 Å². The molecule has 0 unspecified atom stereocenters. The molecule has 0 atom stereocenters. The number of nitrogens with zero attached hydrogens (tertiary/aromatic N) is 2. The van der Waals surface area contributed by atoms with Gasteiger partial charge in [0.15, 0.2) is 0 Å². The zero-order chi connectivity index (χ0) is 16.1. The average molecular weight is 315 g/mol. The molecular weight excluding hydrogens is 298 g/mol. The van der Waals surface area contributed by atoms with E-state index in [4.69, 9.17) is 4.52 Å². The molecule has 1 saturated carbocycles. The van der Waals surface area contributed by atoms with Crippen molar-refractivity contribution < 1.29 is 14.1 Å². The molecule has 23 heavy (non-hydrogen) atoms. The Kier molecular flexibility index (Phi) is 4.51. The van der Waals surface area contributed by atoms with E-state index in [9.17, 15) is 9.59 Å². The van der Waals surface area contributed by atoms with E-state index in [1.54, 1.807) is 12.1 Å². The van der Waals surface area contributed by atoms with Gasteiger partial charge in [-0.05, 0) is 12.8 Å². The van der Waals surface area contributed by atoms with Crippen molar-refractivity contribution in [2.75, 3.05) is 0 Å². The van der Waals surface area contributed by atoms with Crippen LogP contribution in [0.25, 0.3) is 11.4 Å². The molecule has 1 fully saturated rings. The van der Waals surface area contributed by atoms with Crippen LogP contribution in [0, 0.1) is 0 Å². The van der Waals surface area contributed by atoms with Crippen molar-refractivity contribution in [1.82, 2.24) is 26.3 Å². The van der Waals surface area contributed by atoms with Gasteiger partial charge in [0.25, 0.3) is 0 Å². The molecule has 8 nitrogen and oxygen atoms in total. The summed E-state index contributed by atoms with van der Waals surface area (Å²) < 4.78 is 4.90. The molecule has 0 aliphatic heterocycles. The summed E-state index contributed by atoms with van der Waals surface area (Å²) in [4.78, 5) is 27.5. The number of benzene rings is 1. The van der Waals surface area contributed by atoms with Crippen molar-refractivity contribution >= 4 is 11.9 Å². The highest BCUT2D eigenvalue weighted by molar-refractivity contribution is 5.91. The molecule has 3 amide bonds. The molecule has 1 heterocycles. The second kappa shape index (κ2) is 6.91. The third-order valence-corrected chi connectivity index (χ3v) is 3.63. The molecule has 3 N–H and O–H groups in total. The van der Waals surface area contributed by atoms with Gasteiger partial charge in [-0.1, -0.05) is 48.3 Å². The van der Waals surface area contributed by atoms with Crippen molar-refractivity contribution in [1.29, 1.82) is 0 Å². The number of rotatable bonds is 3. The Balaban J connectivity index is 1.52. The first kappa shape index (κ1) is 15.0. The summed E-state index contributed by atoms with van der Waals surface area (Å²) in [5.41, 5.74) is 5.26. The fourth-order valence-corrected chi connectivity index (χ4v) is 2.48. The second-order valence-electron chi connectivity index (χ2n) is 5.32. The molecular formula is C15H17N5O3. The van der Waals surface area contributed by atoms with Gasteiger partial charge in [0.2, 0.25) is 5.82 Å². The van der Waals surface area contributed by atoms with Crippen molar-refractivity contribution in [3.05, 3.63) is 36.2 Å². The fourth-order valence-electron chi connectivity index (χ4n) is 2.48. The highest BCUT2D eigenvalue weighted by Gasteiger charge is 2.19. The maximum absolute atomic E-state index is 11.9. The summed E-state index contributed by atoms with van der Waals surface area (Å²) in [6.07, 6.45) is 4.15. The quantitative estimate of drug-likeness (QED) is 0.746. The number of aromatic nitrogens is 2. The minimum Gasteiger partial charge on any atom is -0.334 e. The van der Waals surface area contributed by atoms with Gasteiger partial charge in [0, 0.05) is 11.6 Å². The Hall–Kier alpha value is -2.90. The minimum absolute atomic E-state index is 0.167. The number of nitrogens with one attached hydrogen (secondary N) is 3. The Labute approximate surface area is 132 Å². The van der Waals surface area contributed by atoms with Gasteiger partial charge >= 0.3 is 17.8 Å². The lowest BCUT2D eigenvalue weighted by atomic mass is 10.2. The molecule has 1 aromatic carbocycles. The van der Waals surface area contributed by atoms with Crippen LogP contribution in [0.3, 0.4) is 0 Å². The number of hydrogen-bond acceptors (Lipinski definition) is 5. The summed E-state index contributed by atoms with van der Waals surface area (Å²) in [5, 5.41) is 6.53. The molecule has 3 rings (SSSR count). The first-order valence-corrected chi connectivity index (χ1v) is 7.48. The molecule has 2 aromatic rings. The highest BCUT2D eigenvalue weighted by Crippen LogP contribution is 2.17. The Morgan fingerprint density at radius 1 is 1.09 bits per heavy atom. The molecule has 1 aliphatic carbocycles. The van der Waals surface area contributed by atoms with E-state index in [2.05, 4.69) is 26.3 Å². The zero-order valence-corrected chi connectivity index (χ0v) is 12.4. The summed E-state index contributed by atoms with van der Waals surface area (Å²) in [6.45, 7) is 0. The van der Waals surface area contributed by atoms with Gasteiger partial charge < -0.3 is 9.84 Å². The lowest BCUT2D eigenvalue weighted by Crippen LogP contribution is -2.49. The smallest absolute Gasteiger partial charge is 0.333 e. The van der Waals surface area contributed by atoms with E-state index in [-0.39, 0.29) is 11.9 Å². The number of amides is 3. The van der Waals surface area contributed by atoms with Crippen LogP contribution in [0.2, 0.25) is 0 Å². The zero-order valence-electron chi connectivity index (χ0n) is 12.4. The van der Waals surface area contributed by atoms with Gasteiger partial charge in [-0.25, -0.2) is 10.2 Å². The molecule has 0 bridgehead atoms. The Bertz CT molecular complexity index is 679. The SMILES string of the molecule is O=C(NNC(=O)c1nc(-c2ccccc2)no1)NC1CCCC1. The van der Waals surface area contributed by atoms with Crippen LogP contribution < -0.4 is 16.2 Å². The number of urea groups is 1. The lowest BCUT2D eigenvalue weighted by Gasteiger charge is -2.12. The lowest BCUT2D eigenvalue weighted by molar-refractivity contribution is 0.0891. The van der Waals surface area contributed by atoms with Crippen LogP contribution in [0.15, 0.2) is 34.9 Å². The van der Waals surface area contributed by atoms with Gasteiger partial charge in [-0.3, -0.25) is 10.2 Å². The van der Waals surface area contributed by atoms with Crippen molar-refractivity contribution in [2.24, 2.45) is 0 Å². The maximum atomic E-state index is 11.9. The monoisotopic (exact) mass is 315 g/mol. The van der Waals surface area contributed by atoms with Crippen LogP contribution in [0.1, 0.15) is 36.4 Å². The topological polar surface area (TPSA) is 109 Å². The van der Waals surface area contributed by atoms with Crippen molar-refractivity contribution in [3.63, 3.8) is 0 Å². The number of hydrazine groups is 1. The highest BCUT2D eigenvalue weighted by atomic mass is 16.5. The summed E-state index contributed by atoms with van der Waals surface area (Å²) in [5.74, 6) is -0.572. The van der Waals surface area contributed by atoms with E-state index < -0.39 is 11.9 Å². The third-order valence-electron chi connectivity index (χ3n) is 3.63. The van der Waals surface area contributed by atoms with Crippen LogP contribution in [-0.4, -0.2) is 28.1 Å². The van der Waals surface area contributed by atoms with Gasteiger partial charge in [0.05, 0.1) is 0 Å². The van der Waals surface area contributed by atoms with E-state index >= 15 is 0 Å². The standard InChI is InChI=1S/C15H17N5O3/c21-13(18-19-15(22)16-11-8-4-5-9-11)14-17-12(20-23-14)10-6-2-1-3-7-10/h1-3,6-7,11H,4-5,8-9H2,(H,18,21)(H2,16,19,22). The van der Waals surface area contributed by atoms with E-state index in [0.29, 0.717) is 5.82 Å². The first-order chi connectivity index (χ1) is 11.2. The molecule has 0 spiro atoms. The molecule has 0 radical (unpaired) electrons. The molecule has 0 saturated heterocycles. The first-order valence-electron chi connectivity index (χ1n) is 7.48. The van der Waals surface area contributed by atoms with Gasteiger partial charge in [-0.15, -0.1) is 0 Å². The van der Waals surface area contributed by atoms with E-state index in [0.717, 1.165) is 31.2 Å². The number of hydrogen-bond donors (Lipinski definition) is 3. The Morgan fingerprint density at radius 2 is 1.83 bits per heavy atom. The molecule has 1 aliphatic rings.